The van der Waals surface area contributed by atoms with Crippen molar-refractivity contribution in [1.82, 2.24) is 10.1 Å². The van der Waals surface area contributed by atoms with E-state index in [1.165, 1.54) is 0 Å². The van der Waals surface area contributed by atoms with Crippen molar-refractivity contribution in [3.8, 4) is 11.7 Å². The van der Waals surface area contributed by atoms with Crippen LogP contribution in [-0.2, 0) is 5.54 Å². The smallest absolute Gasteiger partial charge is 0.293 e. The van der Waals surface area contributed by atoms with Crippen LogP contribution in [0.1, 0.15) is 31.5 Å². The van der Waals surface area contributed by atoms with Crippen LogP contribution in [0.5, 0.6) is 0 Å². The lowest BCUT2D eigenvalue weighted by atomic mass is 9.99. The highest BCUT2D eigenvalue weighted by atomic mass is 35.5. The number of fused-ring (bicyclic) bond motifs is 1. The number of nitrogens with two attached hydrogens (primary N) is 1. The number of hydrogen-bond acceptors (Lipinski definition) is 5. The van der Waals surface area contributed by atoms with Gasteiger partial charge in [-0.1, -0.05) is 36.2 Å². The molecule has 0 unspecified atom stereocenters. The zero-order chi connectivity index (χ0) is 13.6. The SMILES string of the molecule is Cl.NC1(c2noc(-c3cc4ccccc4o3)n2)CCCC1. The summed E-state index contributed by atoms with van der Waals surface area (Å²) in [5.74, 6) is 1.57. The summed E-state index contributed by atoms with van der Waals surface area (Å²) >= 11 is 0. The highest BCUT2D eigenvalue weighted by Gasteiger charge is 2.36. The van der Waals surface area contributed by atoms with Crippen molar-refractivity contribution < 1.29 is 8.94 Å². The van der Waals surface area contributed by atoms with Crippen molar-refractivity contribution in [3.05, 3.63) is 36.2 Å². The van der Waals surface area contributed by atoms with Gasteiger partial charge in [-0.15, -0.1) is 12.4 Å². The predicted molar refractivity (Wildman–Crippen MR) is 81.1 cm³/mol. The Bertz CT molecular complexity index is 726. The van der Waals surface area contributed by atoms with Crippen LogP contribution in [0.3, 0.4) is 0 Å². The molecule has 3 aromatic rings. The lowest BCUT2D eigenvalue weighted by Gasteiger charge is -2.17. The molecule has 2 N–H and O–H groups in total. The first-order valence-electron chi connectivity index (χ1n) is 6.87. The fraction of sp³-hybridized carbons (Fsp3) is 0.333. The number of benzene rings is 1. The Balaban J connectivity index is 0.00000132. The standard InChI is InChI=1S/C15H15N3O2.ClH/c16-15(7-3-4-8-15)14-17-13(20-18-14)12-9-10-5-1-2-6-11(10)19-12;/h1-2,5-6,9H,3-4,7-8,16H2;1H. The summed E-state index contributed by atoms with van der Waals surface area (Å²) in [6.45, 7) is 0. The Labute approximate surface area is 127 Å². The molecule has 0 spiro atoms. The fourth-order valence-corrected chi connectivity index (χ4v) is 2.84. The van der Waals surface area contributed by atoms with Gasteiger partial charge >= 0.3 is 0 Å². The molecule has 21 heavy (non-hydrogen) atoms. The first-order chi connectivity index (χ1) is 9.74. The summed E-state index contributed by atoms with van der Waals surface area (Å²) in [6, 6.07) is 9.71. The van der Waals surface area contributed by atoms with Crippen LogP contribution in [0, 0.1) is 0 Å². The van der Waals surface area contributed by atoms with Crippen molar-refractivity contribution in [3.63, 3.8) is 0 Å². The highest BCUT2D eigenvalue weighted by molar-refractivity contribution is 5.85. The summed E-state index contributed by atoms with van der Waals surface area (Å²) < 4.78 is 11.0. The number of furan rings is 1. The molecule has 0 amide bonds. The average Bonchev–Trinajstić information content (AvgIpc) is 3.17. The molecule has 0 atom stereocenters. The van der Waals surface area contributed by atoms with Crippen LogP contribution in [0.25, 0.3) is 22.6 Å². The second kappa shape index (κ2) is 5.16. The Morgan fingerprint density at radius 2 is 1.90 bits per heavy atom. The van der Waals surface area contributed by atoms with E-state index in [0.29, 0.717) is 17.5 Å². The van der Waals surface area contributed by atoms with Crippen LogP contribution in [-0.4, -0.2) is 10.1 Å². The Morgan fingerprint density at radius 3 is 2.67 bits per heavy atom. The molecular formula is C15H16ClN3O2. The minimum absolute atomic E-state index is 0. The fourth-order valence-electron chi connectivity index (χ4n) is 2.84. The first-order valence-corrected chi connectivity index (χ1v) is 6.87. The van der Waals surface area contributed by atoms with Gasteiger partial charge in [0.1, 0.15) is 5.58 Å². The zero-order valence-electron chi connectivity index (χ0n) is 11.4. The third kappa shape index (κ3) is 2.32. The highest BCUT2D eigenvalue weighted by Crippen LogP contribution is 2.36. The quantitative estimate of drug-likeness (QED) is 0.782. The van der Waals surface area contributed by atoms with Crippen LogP contribution in [0.2, 0.25) is 0 Å². The van der Waals surface area contributed by atoms with Gasteiger partial charge in [-0.05, 0) is 25.0 Å². The summed E-state index contributed by atoms with van der Waals surface area (Å²) in [7, 11) is 0. The van der Waals surface area contributed by atoms with Gasteiger partial charge in [-0.3, -0.25) is 0 Å². The second-order valence-corrected chi connectivity index (χ2v) is 5.43. The number of para-hydroxylation sites is 1. The predicted octanol–water partition coefficient (Wildman–Crippen LogP) is 3.63. The molecule has 1 saturated carbocycles. The van der Waals surface area contributed by atoms with E-state index < -0.39 is 5.54 Å². The Kier molecular flexibility index (Phi) is 3.47. The number of nitrogens with zero attached hydrogens (tertiary/aromatic N) is 2. The number of hydrogen-bond donors (Lipinski definition) is 1. The van der Waals surface area contributed by atoms with E-state index in [1.54, 1.807) is 0 Å². The van der Waals surface area contributed by atoms with Gasteiger partial charge in [0.15, 0.2) is 11.6 Å². The molecule has 110 valence electrons. The zero-order valence-corrected chi connectivity index (χ0v) is 12.2. The van der Waals surface area contributed by atoms with Crippen LogP contribution < -0.4 is 5.73 Å². The minimum Gasteiger partial charge on any atom is -0.451 e. The monoisotopic (exact) mass is 305 g/mol. The molecule has 1 aliphatic carbocycles. The van der Waals surface area contributed by atoms with Crippen LogP contribution in [0.15, 0.2) is 39.3 Å². The molecule has 1 aromatic carbocycles. The van der Waals surface area contributed by atoms with Crippen LogP contribution in [0.4, 0.5) is 0 Å². The largest absolute Gasteiger partial charge is 0.451 e. The molecule has 0 aliphatic heterocycles. The van der Waals surface area contributed by atoms with Gasteiger partial charge in [0.05, 0.1) is 5.54 Å². The third-order valence-electron chi connectivity index (χ3n) is 4.00. The van der Waals surface area contributed by atoms with Gasteiger partial charge in [0.25, 0.3) is 5.89 Å². The number of rotatable bonds is 2. The van der Waals surface area contributed by atoms with E-state index >= 15 is 0 Å². The average molecular weight is 306 g/mol. The lowest BCUT2D eigenvalue weighted by molar-refractivity contribution is 0.369. The van der Waals surface area contributed by atoms with Gasteiger partial charge in [0, 0.05) is 5.39 Å². The van der Waals surface area contributed by atoms with E-state index in [1.807, 2.05) is 30.3 Å². The molecule has 4 rings (SSSR count). The maximum Gasteiger partial charge on any atom is 0.293 e. The van der Waals surface area contributed by atoms with Gasteiger partial charge in [-0.2, -0.15) is 4.98 Å². The molecule has 0 radical (unpaired) electrons. The molecule has 0 bridgehead atoms. The molecular weight excluding hydrogens is 290 g/mol. The number of aromatic nitrogens is 2. The lowest BCUT2D eigenvalue weighted by Crippen LogP contribution is -2.34. The van der Waals surface area contributed by atoms with Crippen molar-refractivity contribution in [2.24, 2.45) is 5.73 Å². The molecule has 6 heteroatoms. The van der Waals surface area contributed by atoms with E-state index in [4.69, 9.17) is 14.7 Å². The molecule has 5 nitrogen and oxygen atoms in total. The summed E-state index contributed by atoms with van der Waals surface area (Å²) in [5.41, 5.74) is 6.71. The Hall–Kier alpha value is -1.85. The molecule has 1 aliphatic rings. The molecule has 2 heterocycles. The normalized spacial score (nSPS) is 17.0. The van der Waals surface area contributed by atoms with Gasteiger partial charge in [0.2, 0.25) is 0 Å². The maximum absolute atomic E-state index is 6.33. The topological polar surface area (TPSA) is 78.1 Å². The van der Waals surface area contributed by atoms with E-state index in [-0.39, 0.29) is 12.4 Å². The summed E-state index contributed by atoms with van der Waals surface area (Å²) in [6.07, 6.45) is 4.05. The second-order valence-electron chi connectivity index (χ2n) is 5.43. The van der Waals surface area contributed by atoms with E-state index in [2.05, 4.69) is 10.1 Å². The number of halogens is 1. The van der Waals surface area contributed by atoms with E-state index in [0.717, 1.165) is 36.7 Å². The van der Waals surface area contributed by atoms with E-state index in [9.17, 15) is 0 Å². The molecule has 0 saturated heterocycles. The third-order valence-corrected chi connectivity index (χ3v) is 4.00. The first kappa shape index (κ1) is 14.1. The van der Waals surface area contributed by atoms with Crippen molar-refractivity contribution in [2.45, 2.75) is 31.2 Å². The van der Waals surface area contributed by atoms with Crippen LogP contribution >= 0.6 is 12.4 Å². The van der Waals surface area contributed by atoms with Crippen molar-refractivity contribution >= 4 is 23.4 Å². The van der Waals surface area contributed by atoms with Crippen molar-refractivity contribution in [2.75, 3.05) is 0 Å². The molecule has 2 aromatic heterocycles. The maximum atomic E-state index is 6.33. The summed E-state index contributed by atoms with van der Waals surface area (Å²) in [4.78, 5) is 4.43. The van der Waals surface area contributed by atoms with Gasteiger partial charge < -0.3 is 14.7 Å². The summed E-state index contributed by atoms with van der Waals surface area (Å²) in [5, 5.41) is 5.06. The Morgan fingerprint density at radius 1 is 1.14 bits per heavy atom. The van der Waals surface area contributed by atoms with Gasteiger partial charge in [-0.25, -0.2) is 0 Å². The molecule has 1 fully saturated rings. The minimum atomic E-state index is -0.437. The van der Waals surface area contributed by atoms with Crippen molar-refractivity contribution in [1.29, 1.82) is 0 Å².